The Labute approximate surface area is 190 Å². The fourth-order valence-electron chi connectivity index (χ4n) is 4.38. The van der Waals surface area contributed by atoms with Gasteiger partial charge in [0, 0.05) is 18.1 Å². The third kappa shape index (κ3) is 3.00. The lowest BCUT2D eigenvalue weighted by Crippen LogP contribution is -2.57. The summed E-state index contributed by atoms with van der Waals surface area (Å²) in [6.45, 7) is -0.213. The number of guanidine groups is 1. The van der Waals surface area contributed by atoms with Crippen molar-refractivity contribution in [3.05, 3.63) is 42.7 Å². The predicted molar refractivity (Wildman–Crippen MR) is 113 cm³/mol. The van der Waals surface area contributed by atoms with Gasteiger partial charge in [0.15, 0.2) is 23.2 Å². The molecule has 5 heterocycles. The van der Waals surface area contributed by atoms with Gasteiger partial charge in [-0.3, -0.25) is 28.5 Å². The minimum Gasteiger partial charge on any atom is -0.386 e. The first kappa shape index (κ1) is 20.5. The number of amidine groups is 1. The van der Waals surface area contributed by atoms with Crippen LogP contribution in [0.4, 0.5) is 5.69 Å². The average Bonchev–Trinajstić information content (AvgIpc) is 3.43. The number of halogens is 1. The molecule has 5 aliphatic rings. The summed E-state index contributed by atoms with van der Waals surface area (Å²) in [5, 5.41) is 10.8. The highest BCUT2D eigenvalue weighted by Gasteiger charge is 2.58. The van der Waals surface area contributed by atoms with Gasteiger partial charge in [0.1, 0.15) is 18.3 Å². The maximum Gasteiger partial charge on any atom is 0.472 e. The van der Waals surface area contributed by atoms with Gasteiger partial charge in [0.2, 0.25) is 5.96 Å². The second kappa shape index (κ2) is 7.19. The molecule has 0 bridgehead atoms. The molecule has 12 nitrogen and oxygen atoms in total. The smallest absolute Gasteiger partial charge is 0.386 e. The first-order valence-electron chi connectivity index (χ1n) is 9.78. The normalized spacial score (nSPS) is 40.2. The van der Waals surface area contributed by atoms with Crippen molar-refractivity contribution in [1.29, 1.82) is 0 Å². The molecule has 1 amide bonds. The minimum absolute atomic E-state index is 0.213. The zero-order valence-electron chi connectivity index (χ0n) is 16.2. The van der Waals surface area contributed by atoms with Crippen molar-refractivity contribution in [3.8, 4) is 0 Å². The van der Waals surface area contributed by atoms with E-state index in [1.54, 1.807) is 22.2 Å². The molecule has 1 aromatic rings. The van der Waals surface area contributed by atoms with E-state index in [0.717, 1.165) is 5.69 Å². The minimum atomic E-state index is -4.27. The van der Waals surface area contributed by atoms with Crippen LogP contribution in [0.25, 0.3) is 0 Å². The second-order valence-electron chi connectivity index (χ2n) is 7.69. The van der Waals surface area contributed by atoms with Crippen LogP contribution in [0.5, 0.6) is 0 Å². The molecule has 6 rings (SSSR count). The van der Waals surface area contributed by atoms with Crippen LogP contribution in [0, 0.1) is 0 Å². The number of carbonyl (C=O) groups is 1. The number of carbonyl (C=O) groups excluding carboxylic acids is 1. The lowest BCUT2D eigenvalue weighted by atomic mass is 10.1. The molecule has 0 radical (unpaired) electrons. The van der Waals surface area contributed by atoms with Crippen molar-refractivity contribution in [2.24, 2.45) is 9.98 Å². The molecule has 3 unspecified atom stereocenters. The Hall–Kier alpha value is -2.12. The summed E-state index contributed by atoms with van der Waals surface area (Å²) in [4.78, 5) is 36.7. The van der Waals surface area contributed by atoms with Crippen molar-refractivity contribution in [2.75, 3.05) is 11.5 Å². The van der Waals surface area contributed by atoms with Crippen molar-refractivity contribution >= 4 is 46.1 Å². The predicted octanol–water partition coefficient (Wildman–Crippen LogP) is 0.539. The Balaban J connectivity index is 1.34. The zero-order valence-corrected chi connectivity index (χ0v) is 18.7. The fourth-order valence-corrected chi connectivity index (χ4v) is 5.97. The number of aliphatic hydroxyl groups excluding tert-OH is 1. The molecule has 1 aromatic carbocycles. The van der Waals surface area contributed by atoms with Gasteiger partial charge in [-0.15, -0.1) is 0 Å². The molecule has 14 heteroatoms. The number of aliphatic hydroxyl groups is 1. The number of phosphoric ester groups is 1. The molecule has 5 aliphatic heterocycles. The van der Waals surface area contributed by atoms with E-state index in [1.165, 1.54) is 4.90 Å². The molecule has 7 atom stereocenters. The molecular weight excluding hydrogens is 509 g/mol. The van der Waals surface area contributed by atoms with Crippen LogP contribution in [-0.4, -0.2) is 79.8 Å². The van der Waals surface area contributed by atoms with E-state index in [9.17, 15) is 19.4 Å². The Morgan fingerprint density at radius 1 is 1.16 bits per heavy atom. The largest absolute Gasteiger partial charge is 0.472 e. The van der Waals surface area contributed by atoms with Crippen molar-refractivity contribution in [3.63, 3.8) is 0 Å². The molecule has 0 spiro atoms. The number of benzene rings is 1. The van der Waals surface area contributed by atoms with Gasteiger partial charge >= 0.3 is 7.82 Å². The number of aliphatic imine (C=N–C) groups is 2. The van der Waals surface area contributed by atoms with Gasteiger partial charge in [-0.05, 0) is 28.1 Å². The fraction of sp³-hybridized carbons (Fsp3) is 0.389. The lowest BCUT2D eigenvalue weighted by molar-refractivity contribution is -0.130. The number of anilines is 1. The van der Waals surface area contributed by atoms with E-state index in [4.69, 9.17) is 18.8 Å². The first-order valence-corrected chi connectivity index (χ1v) is 12.1. The summed E-state index contributed by atoms with van der Waals surface area (Å²) in [7, 11) is -4.27. The number of rotatable bonds is 2. The SMILES string of the molecule is O=C1C2N=C(Br)N([C@@H]3O[C@@H]4COP(=O)(O)O[C@H]4[C@H]3O)C2N=C2N1C=CN2c1ccccc1. The molecule has 168 valence electrons. The number of phosphoric acid groups is 1. The van der Waals surface area contributed by atoms with E-state index >= 15 is 0 Å². The van der Waals surface area contributed by atoms with Gasteiger partial charge in [0.25, 0.3) is 5.91 Å². The number of ether oxygens (including phenoxy) is 1. The van der Waals surface area contributed by atoms with Gasteiger partial charge in [0.05, 0.1) is 6.61 Å². The van der Waals surface area contributed by atoms with Crippen LogP contribution in [0.2, 0.25) is 0 Å². The number of nitrogens with zero attached hydrogens (tertiary/aromatic N) is 5. The third-order valence-electron chi connectivity index (χ3n) is 5.83. The second-order valence-corrected chi connectivity index (χ2v) is 9.81. The maximum absolute atomic E-state index is 13.2. The number of amides is 1. The number of hydrogen-bond donors (Lipinski definition) is 2. The molecule has 32 heavy (non-hydrogen) atoms. The maximum atomic E-state index is 13.2. The monoisotopic (exact) mass is 525 g/mol. The van der Waals surface area contributed by atoms with Gasteiger partial charge in [-0.1, -0.05) is 18.2 Å². The molecule has 2 saturated heterocycles. The Bertz CT molecular complexity index is 1120. The lowest BCUT2D eigenvalue weighted by Gasteiger charge is -2.36. The summed E-state index contributed by atoms with van der Waals surface area (Å²) in [6.07, 6.45) is -1.57. The number of para-hydroxylation sites is 1. The summed E-state index contributed by atoms with van der Waals surface area (Å²) >= 11 is 3.36. The molecule has 0 aliphatic carbocycles. The summed E-state index contributed by atoms with van der Waals surface area (Å²) in [5.74, 6) is 0.118. The number of fused-ring (bicyclic) bond motifs is 3. The Morgan fingerprint density at radius 2 is 1.91 bits per heavy atom. The quantitative estimate of drug-likeness (QED) is 0.418. The Morgan fingerprint density at radius 3 is 2.69 bits per heavy atom. The van der Waals surface area contributed by atoms with Crippen LogP contribution >= 0.6 is 23.8 Å². The average molecular weight is 526 g/mol. The van der Waals surface area contributed by atoms with E-state index < -0.39 is 44.6 Å². The van der Waals surface area contributed by atoms with E-state index in [0.29, 0.717) is 5.96 Å². The van der Waals surface area contributed by atoms with E-state index in [2.05, 4.69) is 20.9 Å². The van der Waals surface area contributed by atoms with Crippen LogP contribution in [0.1, 0.15) is 0 Å². The standard InChI is InChI=1S/C18H17BrN5O7P/c19-17-20-11-14(24(17)16-12(25)13-10(30-16)8-29-32(27,28)31-13)21-18-22(6-7-23(18)15(11)26)9-4-2-1-3-5-9/h1-7,10-14,16,25H,8H2,(H,27,28)/t10-,11?,12-,13-,14?,16-/m1/s1. The summed E-state index contributed by atoms with van der Waals surface area (Å²) in [6, 6.07) is 8.59. The highest BCUT2D eigenvalue weighted by molar-refractivity contribution is 9.18. The van der Waals surface area contributed by atoms with E-state index in [1.807, 2.05) is 30.3 Å². The van der Waals surface area contributed by atoms with E-state index in [-0.39, 0.29) is 17.3 Å². The van der Waals surface area contributed by atoms with Gasteiger partial charge in [-0.25, -0.2) is 14.5 Å². The molecule has 2 N–H and O–H groups in total. The van der Waals surface area contributed by atoms with Gasteiger partial charge in [-0.2, -0.15) is 0 Å². The molecular formula is C18H17BrN5O7P. The molecule has 0 aromatic heterocycles. The zero-order chi connectivity index (χ0) is 22.2. The summed E-state index contributed by atoms with van der Waals surface area (Å²) in [5.41, 5.74) is 0.827. The number of hydrogen-bond acceptors (Lipinski definition) is 10. The Kier molecular flexibility index (Phi) is 4.60. The van der Waals surface area contributed by atoms with Crippen LogP contribution in [0.15, 0.2) is 52.7 Å². The highest BCUT2D eigenvalue weighted by atomic mass is 79.9. The van der Waals surface area contributed by atoms with Crippen molar-refractivity contribution in [1.82, 2.24) is 9.80 Å². The van der Waals surface area contributed by atoms with Crippen molar-refractivity contribution < 1.29 is 33.1 Å². The first-order chi connectivity index (χ1) is 15.3. The van der Waals surface area contributed by atoms with Crippen LogP contribution in [-0.2, 0) is 23.1 Å². The third-order valence-corrected chi connectivity index (χ3v) is 7.43. The van der Waals surface area contributed by atoms with Crippen molar-refractivity contribution in [2.45, 2.75) is 36.7 Å². The molecule has 2 fully saturated rings. The van der Waals surface area contributed by atoms with Crippen LogP contribution < -0.4 is 4.90 Å². The topological polar surface area (TPSA) is 137 Å². The van der Waals surface area contributed by atoms with Gasteiger partial charge < -0.3 is 14.7 Å². The highest BCUT2D eigenvalue weighted by Crippen LogP contribution is 2.52. The van der Waals surface area contributed by atoms with Crippen LogP contribution in [0.3, 0.4) is 0 Å². The summed E-state index contributed by atoms with van der Waals surface area (Å²) < 4.78 is 27.8. The molecule has 0 saturated carbocycles.